The third kappa shape index (κ3) is 4.22. The van der Waals surface area contributed by atoms with Crippen molar-refractivity contribution in [2.75, 3.05) is 0 Å². The molecule has 1 heterocycles. The van der Waals surface area contributed by atoms with E-state index < -0.39 is 0 Å². The summed E-state index contributed by atoms with van der Waals surface area (Å²) in [5.41, 5.74) is 2.18. The SMILES string of the molecule is CCCC(C)NC(=O)c1ccccc1-c1ncc(-c2cccc(Br)c2)o1. The van der Waals surface area contributed by atoms with Crippen LogP contribution in [0.4, 0.5) is 0 Å². The Morgan fingerprint density at radius 2 is 2.04 bits per heavy atom. The highest BCUT2D eigenvalue weighted by Crippen LogP contribution is 2.29. The predicted molar refractivity (Wildman–Crippen MR) is 107 cm³/mol. The van der Waals surface area contributed by atoms with Crippen molar-refractivity contribution >= 4 is 21.8 Å². The first kappa shape index (κ1) is 18.4. The molecular formula is C21H21BrN2O2. The first-order chi connectivity index (χ1) is 12.6. The smallest absolute Gasteiger partial charge is 0.252 e. The summed E-state index contributed by atoms with van der Waals surface area (Å²) in [7, 11) is 0. The summed E-state index contributed by atoms with van der Waals surface area (Å²) in [5, 5.41) is 3.04. The summed E-state index contributed by atoms with van der Waals surface area (Å²) in [6.07, 6.45) is 3.66. The molecular weight excluding hydrogens is 392 g/mol. The molecule has 0 radical (unpaired) electrons. The molecule has 3 rings (SSSR count). The van der Waals surface area contributed by atoms with Gasteiger partial charge < -0.3 is 9.73 Å². The van der Waals surface area contributed by atoms with Gasteiger partial charge in [-0.25, -0.2) is 4.98 Å². The lowest BCUT2D eigenvalue weighted by Crippen LogP contribution is -2.32. The topological polar surface area (TPSA) is 55.1 Å². The first-order valence-electron chi connectivity index (χ1n) is 8.70. The first-order valence-corrected chi connectivity index (χ1v) is 9.49. The average molecular weight is 413 g/mol. The molecule has 1 amide bonds. The molecule has 0 aliphatic rings. The van der Waals surface area contributed by atoms with E-state index in [2.05, 4.69) is 33.2 Å². The van der Waals surface area contributed by atoms with Crippen molar-refractivity contribution in [1.82, 2.24) is 10.3 Å². The molecule has 1 atom stereocenters. The van der Waals surface area contributed by atoms with Gasteiger partial charge in [0, 0.05) is 21.6 Å². The quantitative estimate of drug-likeness (QED) is 0.565. The number of amides is 1. The fourth-order valence-electron chi connectivity index (χ4n) is 2.85. The molecule has 3 aromatic rings. The Labute approximate surface area is 161 Å². The molecule has 4 nitrogen and oxygen atoms in total. The molecule has 2 aromatic carbocycles. The Bertz CT molecular complexity index is 904. The van der Waals surface area contributed by atoms with Crippen LogP contribution in [-0.4, -0.2) is 16.9 Å². The zero-order chi connectivity index (χ0) is 18.5. The van der Waals surface area contributed by atoms with Gasteiger partial charge in [-0.15, -0.1) is 0 Å². The van der Waals surface area contributed by atoms with Crippen LogP contribution in [0.25, 0.3) is 22.8 Å². The average Bonchev–Trinajstić information content (AvgIpc) is 3.12. The summed E-state index contributed by atoms with van der Waals surface area (Å²) >= 11 is 3.46. The minimum absolute atomic E-state index is 0.108. The number of carbonyl (C=O) groups excluding carboxylic acids is 1. The van der Waals surface area contributed by atoms with Crippen molar-refractivity contribution in [3.63, 3.8) is 0 Å². The fourth-order valence-corrected chi connectivity index (χ4v) is 3.25. The van der Waals surface area contributed by atoms with Crippen LogP contribution >= 0.6 is 15.9 Å². The molecule has 1 N–H and O–H groups in total. The summed E-state index contributed by atoms with van der Waals surface area (Å²) in [6, 6.07) is 15.3. The van der Waals surface area contributed by atoms with E-state index in [-0.39, 0.29) is 11.9 Å². The van der Waals surface area contributed by atoms with Gasteiger partial charge >= 0.3 is 0 Å². The van der Waals surface area contributed by atoms with Crippen LogP contribution in [0.2, 0.25) is 0 Å². The normalized spacial score (nSPS) is 12.0. The second kappa shape index (κ2) is 8.32. The van der Waals surface area contributed by atoms with Crippen molar-refractivity contribution < 1.29 is 9.21 Å². The van der Waals surface area contributed by atoms with E-state index in [0.29, 0.717) is 22.8 Å². The third-order valence-electron chi connectivity index (χ3n) is 4.12. The molecule has 0 fully saturated rings. The lowest BCUT2D eigenvalue weighted by Gasteiger charge is -2.14. The van der Waals surface area contributed by atoms with Crippen molar-refractivity contribution in [3.8, 4) is 22.8 Å². The molecule has 5 heteroatoms. The minimum Gasteiger partial charge on any atom is -0.436 e. The van der Waals surface area contributed by atoms with Crippen LogP contribution in [0.3, 0.4) is 0 Å². The van der Waals surface area contributed by atoms with E-state index in [1.165, 1.54) is 0 Å². The second-order valence-electron chi connectivity index (χ2n) is 6.25. The highest BCUT2D eigenvalue weighted by molar-refractivity contribution is 9.10. The third-order valence-corrected chi connectivity index (χ3v) is 4.61. The van der Waals surface area contributed by atoms with E-state index in [0.717, 1.165) is 22.9 Å². The molecule has 134 valence electrons. The summed E-state index contributed by atoms with van der Waals surface area (Å²) in [5.74, 6) is 0.994. The number of aromatic nitrogens is 1. The Morgan fingerprint density at radius 3 is 2.81 bits per heavy atom. The summed E-state index contributed by atoms with van der Waals surface area (Å²) in [6.45, 7) is 4.12. The molecule has 0 aliphatic carbocycles. The van der Waals surface area contributed by atoms with E-state index in [1.54, 1.807) is 12.3 Å². The number of hydrogen-bond donors (Lipinski definition) is 1. The molecule has 0 saturated heterocycles. The summed E-state index contributed by atoms with van der Waals surface area (Å²) in [4.78, 5) is 17.0. The van der Waals surface area contributed by atoms with Gasteiger partial charge in [0.05, 0.1) is 11.8 Å². The van der Waals surface area contributed by atoms with E-state index in [9.17, 15) is 4.79 Å². The molecule has 0 aliphatic heterocycles. The second-order valence-corrected chi connectivity index (χ2v) is 7.16. The fraction of sp³-hybridized carbons (Fsp3) is 0.238. The standard InChI is InChI=1S/C21H21BrN2O2/c1-3-7-14(2)24-20(25)17-10-4-5-11-18(17)21-23-13-19(26-21)15-8-6-9-16(22)12-15/h4-6,8-14H,3,7H2,1-2H3,(H,24,25). The maximum absolute atomic E-state index is 12.7. The van der Waals surface area contributed by atoms with Crippen LogP contribution in [-0.2, 0) is 0 Å². The molecule has 0 spiro atoms. The van der Waals surface area contributed by atoms with Gasteiger partial charge in [-0.2, -0.15) is 0 Å². The lowest BCUT2D eigenvalue weighted by molar-refractivity contribution is 0.0938. The van der Waals surface area contributed by atoms with Gasteiger partial charge in [-0.3, -0.25) is 4.79 Å². The molecule has 1 aromatic heterocycles. The van der Waals surface area contributed by atoms with Gasteiger partial charge in [0.15, 0.2) is 5.76 Å². The Balaban J connectivity index is 1.90. The van der Waals surface area contributed by atoms with E-state index >= 15 is 0 Å². The van der Waals surface area contributed by atoms with Gasteiger partial charge in [0.2, 0.25) is 5.89 Å². The highest BCUT2D eigenvalue weighted by Gasteiger charge is 2.18. The number of nitrogens with one attached hydrogen (secondary N) is 1. The largest absolute Gasteiger partial charge is 0.436 e. The zero-order valence-corrected chi connectivity index (χ0v) is 16.4. The summed E-state index contributed by atoms with van der Waals surface area (Å²) < 4.78 is 6.91. The number of benzene rings is 2. The minimum atomic E-state index is -0.108. The molecule has 0 saturated carbocycles. The zero-order valence-electron chi connectivity index (χ0n) is 14.8. The Kier molecular flexibility index (Phi) is 5.89. The van der Waals surface area contributed by atoms with Crippen molar-refractivity contribution in [2.45, 2.75) is 32.7 Å². The molecule has 26 heavy (non-hydrogen) atoms. The maximum atomic E-state index is 12.7. The van der Waals surface area contributed by atoms with Gasteiger partial charge in [0.25, 0.3) is 5.91 Å². The molecule has 1 unspecified atom stereocenters. The van der Waals surface area contributed by atoms with Crippen LogP contribution < -0.4 is 5.32 Å². The number of halogens is 1. The van der Waals surface area contributed by atoms with Crippen molar-refractivity contribution in [3.05, 3.63) is 64.8 Å². The van der Waals surface area contributed by atoms with Crippen LogP contribution in [0.15, 0.2) is 63.6 Å². The van der Waals surface area contributed by atoms with Crippen LogP contribution in [0.5, 0.6) is 0 Å². The monoisotopic (exact) mass is 412 g/mol. The van der Waals surface area contributed by atoms with Gasteiger partial charge in [0.1, 0.15) is 0 Å². The Hall–Kier alpha value is -2.40. The van der Waals surface area contributed by atoms with Gasteiger partial charge in [-0.1, -0.05) is 53.5 Å². The Morgan fingerprint density at radius 1 is 1.23 bits per heavy atom. The molecule has 0 bridgehead atoms. The van der Waals surface area contributed by atoms with Gasteiger partial charge in [-0.05, 0) is 37.6 Å². The van der Waals surface area contributed by atoms with Crippen molar-refractivity contribution in [1.29, 1.82) is 0 Å². The number of nitrogens with zero attached hydrogens (tertiary/aromatic N) is 1. The maximum Gasteiger partial charge on any atom is 0.252 e. The van der Waals surface area contributed by atoms with E-state index in [1.807, 2.05) is 49.4 Å². The number of oxazole rings is 1. The van der Waals surface area contributed by atoms with E-state index in [4.69, 9.17) is 4.42 Å². The predicted octanol–water partition coefficient (Wildman–Crippen LogP) is 5.69. The van der Waals surface area contributed by atoms with Crippen LogP contribution in [0.1, 0.15) is 37.0 Å². The van der Waals surface area contributed by atoms with Crippen LogP contribution in [0, 0.1) is 0 Å². The lowest BCUT2D eigenvalue weighted by atomic mass is 10.1. The number of rotatable bonds is 6. The number of carbonyl (C=O) groups is 1. The number of hydrogen-bond acceptors (Lipinski definition) is 3. The van der Waals surface area contributed by atoms with Crippen molar-refractivity contribution in [2.24, 2.45) is 0 Å². The highest BCUT2D eigenvalue weighted by atomic mass is 79.9.